The Bertz CT molecular complexity index is 833. The van der Waals surface area contributed by atoms with Crippen molar-refractivity contribution >= 4 is 29.3 Å². The topological polar surface area (TPSA) is 93.0 Å². The van der Waals surface area contributed by atoms with Crippen LogP contribution in [0.2, 0.25) is 0 Å². The third-order valence-electron chi connectivity index (χ3n) is 6.19. The number of morpholine rings is 1. The van der Waals surface area contributed by atoms with Crippen molar-refractivity contribution in [3.63, 3.8) is 0 Å². The number of rotatable bonds is 5. The molecule has 1 aromatic carbocycles. The summed E-state index contributed by atoms with van der Waals surface area (Å²) in [5.74, 6) is -0.675. The van der Waals surface area contributed by atoms with Crippen LogP contribution in [-0.4, -0.2) is 50.5 Å². The maximum absolute atomic E-state index is 13.1. The van der Waals surface area contributed by atoms with Crippen LogP contribution in [-0.2, 0) is 14.3 Å². The van der Waals surface area contributed by atoms with Gasteiger partial charge in [0, 0.05) is 32.1 Å². The Labute approximate surface area is 162 Å². The summed E-state index contributed by atoms with van der Waals surface area (Å²) in [6, 6.07) is 4.87. The maximum Gasteiger partial charge on any atom is 0.294 e. The van der Waals surface area contributed by atoms with Crippen molar-refractivity contribution in [3.8, 4) is 0 Å². The van der Waals surface area contributed by atoms with E-state index in [2.05, 4.69) is 0 Å². The van der Waals surface area contributed by atoms with Crippen LogP contribution in [0, 0.1) is 33.8 Å². The fourth-order valence-electron chi connectivity index (χ4n) is 4.68. The molecule has 148 valence electrons. The van der Waals surface area contributed by atoms with E-state index in [9.17, 15) is 19.7 Å². The van der Waals surface area contributed by atoms with Gasteiger partial charge in [-0.3, -0.25) is 14.9 Å². The van der Waals surface area contributed by atoms with E-state index < -0.39 is 10.8 Å². The predicted octanol–water partition coefficient (Wildman–Crippen LogP) is 2.03. The first kappa shape index (κ1) is 18.6. The number of hydrogen-bond donors (Lipinski definition) is 0. The average Bonchev–Trinajstić information content (AvgIpc) is 3.34. The van der Waals surface area contributed by atoms with Crippen molar-refractivity contribution in [2.45, 2.75) is 6.42 Å². The Balaban J connectivity index is 1.60. The third-order valence-corrected chi connectivity index (χ3v) is 6.19. The molecule has 8 heteroatoms. The lowest BCUT2D eigenvalue weighted by Gasteiger charge is -2.30. The van der Waals surface area contributed by atoms with Crippen molar-refractivity contribution < 1.29 is 19.2 Å². The number of ether oxygens (including phenoxy) is 1. The Morgan fingerprint density at radius 3 is 2.68 bits per heavy atom. The minimum absolute atomic E-state index is 0.0289. The number of hydrogen-bond acceptors (Lipinski definition) is 6. The first-order valence-corrected chi connectivity index (χ1v) is 9.53. The van der Waals surface area contributed by atoms with Crippen molar-refractivity contribution in [1.82, 2.24) is 0 Å². The lowest BCUT2D eigenvalue weighted by molar-refractivity contribution is -0.384. The molecular formula is C20H23N3O5. The molecule has 1 aromatic rings. The normalized spacial score (nSPS) is 28.4. The lowest BCUT2D eigenvalue weighted by atomic mass is 9.83. The van der Waals surface area contributed by atoms with Gasteiger partial charge < -0.3 is 19.3 Å². The number of fused-ring (bicyclic) bond motifs is 2. The molecule has 4 atom stereocenters. The molecule has 2 bridgehead atoms. The van der Waals surface area contributed by atoms with Crippen LogP contribution in [0.5, 0.6) is 0 Å². The zero-order chi connectivity index (χ0) is 19.8. The summed E-state index contributed by atoms with van der Waals surface area (Å²) in [5.41, 5.74) is 0.968. The second kappa shape index (κ2) is 7.35. The van der Waals surface area contributed by atoms with Gasteiger partial charge in [0.2, 0.25) is 5.91 Å². The molecule has 1 saturated heterocycles. The van der Waals surface area contributed by atoms with Crippen LogP contribution < -0.4 is 9.80 Å². The first-order valence-electron chi connectivity index (χ1n) is 9.53. The Kier molecular flexibility index (Phi) is 4.89. The molecule has 1 saturated carbocycles. The smallest absolute Gasteiger partial charge is 0.294 e. The van der Waals surface area contributed by atoms with E-state index in [1.54, 1.807) is 19.2 Å². The minimum atomic E-state index is -0.416. The summed E-state index contributed by atoms with van der Waals surface area (Å²) in [5, 5.41) is 11.7. The van der Waals surface area contributed by atoms with E-state index in [1.165, 1.54) is 11.0 Å². The summed E-state index contributed by atoms with van der Waals surface area (Å²) in [4.78, 5) is 39.3. The van der Waals surface area contributed by atoms with Gasteiger partial charge in [0.15, 0.2) is 0 Å². The predicted molar refractivity (Wildman–Crippen MR) is 103 cm³/mol. The van der Waals surface area contributed by atoms with Gasteiger partial charge in [-0.2, -0.15) is 0 Å². The number of aldehydes is 1. The van der Waals surface area contributed by atoms with E-state index in [0.717, 1.165) is 12.7 Å². The SMILES string of the molecule is CN(C(=O)C1C2C=CC(C2)C1C=O)c1ccc(N2CCOCC2)c([N+](=O)[O-])c1. The zero-order valence-corrected chi connectivity index (χ0v) is 15.7. The van der Waals surface area contributed by atoms with E-state index in [-0.39, 0.29) is 29.3 Å². The number of nitro groups is 1. The fraction of sp³-hybridized carbons (Fsp3) is 0.500. The number of amides is 1. The highest BCUT2D eigenvalue weighted by Gasteiger charge is 2.49. The standard InChI is InChI=1S/C20H23N3O5/c1-21(20(25)19-14-3-2-13(10-14)16(19)12-24)15-4-5-17(18(11-15)23(26)27)22-6-8-28-9-7-22/h2-5,11-14,16,19H,6-10H2,1H3. The highest BCUT2D eigenvalue weighted by atomic mass is 16.6. The van der Waals surface area contributed by atoms with Crippen molar-refractivity contribution in [1.29, 1.82) is 0 Å². The second-order valence-electron chi connectivity index (χ2n) is 7.61. The summed E-state index contributed by atoms with van der Waals surface area (Å²) in [7, 11) is 1.62. The minimum Gasteiger partial charge on any atom is -0.378 e. The van der Waals surface area contributed by atoms with Crippen LogP contribution in [0.3, 0.4) is 0 Å². The third kappa shape index (κ3) is 3.07. The van der Waals surface area contributed by atoms with E-state index in [0.29, 0.717) is 37.7 Å². The highest BCUT2D eigenvalue weighted by molar-refractivity contribution is 5.97. The summed E-state index contributed by atoms with van der Waals surface area (Å²) in [6.45, 7) is 2.24. The van der Waals surface area contributed by atoms with Gasteiger partial charge in [0.1, 0.15) is 12.0 Å². The van der Waals surface area contributed by atoms with E-state index in [1.807, 2.05) is 17.1 Å². The lowest BCUT2D eigenvalue weighted by Crippen LogP contribution is -2.39. The number of carbonyl (C=O) groups excluding carboxylic acids is 2. The molecule has 0 spiro atoms. The van der Waals surface area contributed by atoms with Gasteiger partial charge in [-0.25, -0.2) is 0 Å². The van der Waals surface area contributed by atoms with Crippen LogP contribution >= 0.6 is 0 Å². The van der Waals surface area contributed by atoms with Crippen LogP contribution in [0.15, 0.2) is 30.4 Å². The van der Waals surface area contributed by atoms with E-state index in [4.69, 9.17) is 4.74 Å². The van der Waals surface area contributed by atoms with Crippen LogP contribution in [0.4, 0.5) is 17.1 Å². The average molecular weight is 385 g/mol. The largest absolute Gasteiger partial charge is 0.378 e. The summed E-state index contributed by atoms with van der Waals surface area (Å²) < 4.78 is 5.32. The molecule has 0 radical (unpaired) electrons. The quantitative estimate of drug-likeness (QED) is 0.333. The molecule has 1 heterocycles. The molecule has 4 unspecified atom stereocenters. The van der Waals surface area contributed by atoms with Gasteiger partial charge in [-0.1, -0.05) is 12.2 Å². The van der Waals surface area contributed by atoms with Crippen LogP contribution in [0.1, 0.15) is 6.42 Å². The molecule has 4 rings (SSSR count). The van der Waals surface area contributed by atoms with Crippen molar-refractivity contribution in [2.24, 2.45) is 23.7 Å². The van der Waals surface area contributed by atoms with E-state index >= 15 is 0 Å². The van der Waals surface area contributed by atoms with Crippen molar-refractivity contribution in [3.05, 3.63) is 40.5 Å². The summed E-state index contributed by atoms with van der Waals surface area (Å²) >= 11 is 0. The molecule has 2 fully saturated rings. The number of anilines is 2. The molecule has 28 heavy (non-hydrogen) atoms. The summed E-state index contributed by atoms with van der Waals surface area (Å²) in [6.07, 6.45) is 5.75. The molecule has 8 nitrogen and oxygen atoms in total. The van der Waals surface area contributed by atoms with Crippen LogP contribution in [0.25, 0.3) is 0 Å². The number of carbonyl (C=O) groups is 2. The molecule has 1 amide bonds. The van der Waals surface area contributed by atoms with Gasteiger partial charge in [-0.15, -0.1) is 0 Å². The van der Waals surface area contributed by atoms with Gasteiger partial charge in [0.25, 0.3) is 5.69 Å². The molecule has 1 aliphatic heterocycles. The number of nitro benzene ring substituents is 1. The molecule has 3 aliphatic rings. The second-order valence-corrected chi connectivity index (χ2v) is 7.61. The number of allylic oxidation sites excluding steroid dienone is 2. The Morgan fingerprint density at radius 1 is 1.29 bits per heavy atom. The highest BCUT2D eigenvalue weighted by Crippen LogP contribution is 2.48. The van der Waals surface area contributed by atoms with Gasteiger partial charge in [-0.05, 0) is 30.4 Å². The Morgan fingerprint density at radius 2 is 2.00 bits per heavy atom. The molecule has 0 N–H and O–H groups in total. The number of benzene rings is 1. The maximum atomic E-state index is 13.1. The molecular weight excluding hydrogens is 362 g/mol. The monoisotopic (exact) mass is 385 g/mol. The van der Waals surface area contributed by atoms with Crippen molar-refractivity contribution in [2.75, 3.05) is 43.2 Å². The Hall–Kier alpha value is -2.74. The van der Waals surface area contributed by atoms with Gasteiger partial charge >= 0.3 is 0 Å². The molecule has 2 aliphatic carbocycles. The number of nitrogens with zero attached hydrogens (tertiary/aromatic N) is 3. The van der Waals surface area contributed by atoms with Gasteiger partial charge in [0.05, 0.1) is 29.7 Å². The zero-order valence-electron chi connectivity index (χ0n) is 15.7. The first-order chi connectivity index (χ1) is 13.5. The fourth-order valence-corrected chi connectivity index (χ4v) is 4.68. The molecule has 0 aromatic heterocycles.